The molecule has 0 atom stereocenters. The van der Waals surface area contributed by atoms with Crippen molar-refractivity contribution in [3.8, 4) is 0 Å². The zero-order chi connectivity index (χ0) is 12.4. The van der Waals surface area contributed by atoms with E-state index in [1.54, 1.807) is 4.90 Å². The van der Waals surface area contributed by atoms with Crippen LogP contribution in [0.15, 0.2) is 12.7 Å². The summed E-state index contributed by atoms with van der Waals surface area (Å²) in [5.41, 5.74) is 0. The van der Waals surface area contributed by atoms with Crippen LogP contribution in [0.1, 0.15) is 33.1 Å². The van der Waals surface area contributed by atoms with Crippen molar-refractivity contribution in [1.82, 2.24) is 4.90 Å². The van der Waals surface area contributed by atoms with Gasteiger partial charge in [0.05, 0.1) is 13.0 Å². The van der Waals surface area contributed by atoms with E-state index in [0.717, 1.165) is 12.8 Å². The molecule has 0 aliphatic carbocycles. The summed E-state index contributed by atoms with van der Waals surface area (Å²) in [7, 11) is 0. The minimum absolute atomic E-state index is 0.149. The first-order valence-electron chi connectivity index (χ1n) is 5.72. The fourth-order valence-corrected chi connectivity index (χ4v) is 1.18. The Morgan fingerprint density at radius 2 is 2.06 bits per heavy atom. The molecule has 0 aliphatic heterocycles. The van der Waals surface area contributed by atoms with Crippen molar-refractivity contribution in [2.75, 3.05) is 19.7 Å². The molecule has 0 rings (SSSR count). The highest BCUT2D eigenvalue weighted by Gasteiger charge is 2.10. The summed E-state index contributed by atoms with van der Waals surface area (Å²) in [5.74, 6) is -0.396. The molecule has 92 valence electrons. The van der Waals surface area contributed by atoms with Crippen LogP contribution >= 0.6 is 0 Å². The van der Waals surface area contributed by atoms with E-state index >= 15 is 0 Å². The van der Waals surface area contributed by atoms with E-state index in [9.17, 15) is 9.59 Å². The second kappa shape index (κ2) is 8.95. The zero-order valence-corrected chi connectivity index (χ0v) is 10.2. The van der Waals surface area contributed by atoms with E-state index in [4.69, 9.17) is 4.74 Å². The Balaban J connectivity index is 3.79. The molecule has 0 radical (unpaired) electrons. The lowest BCUT2D eigenvalue weighted by Gasteiger charge is -2.18. The topological polar surface area (TPSA) is 46.6 Å². The maximum Gasteiger partial charge on any atom is 0.307 e. The summed E-state index contributed by atoms with van der Waals surface area (Å²) < 4.78 is 4.99. The van der Waals surface area contributed by atoms with Crippen molar-refractivity contribution < 1.29 is 14.3 Å². The molecular weight excluding hydrogens is 206 g/mol. The van der Waals surface area contributed by atoms with Crippen LogP contribution in [0.5, 0.6) is 0 Å². The second-order valence-electron chi connectivity index (χ2n) is 3.45. The zero-order valence-electron chi connectivity index (χ0n) is 10.2. The van der Waals surface area contributed by atoms with Crippen LogP contribution in [-0.4, -0.2) is 36.5 Å². The SMILES string of the molecule is C=CC(=O)N(CC)CCC(=O)OCCCC. The van der Waals surface area contributed by atoms with Crippen LogP contribution in [0, 0.1) is 0 Å². The van der Waals surface area contributed by atoms with Crippen LogP contribution in [0.2, 0.25) is 0 Å². The van der Waals surface area contributed by atoms with Gasteiger partial charge in [-0.3, -0.25) is 9.59 Å². The third-order valence-electron chi connectivity index (χ3n) is 2.21. The van der Waals surface area contributed by atoms with Gasteiger partial charge in [0.25, 0.3) is 0 Å². The third-order valence-corrected chi connectivity index (χ3v) is 2.21. The van der Waals surface area contributed by atoms with Crippen LogP contribution in [-0.2, 0) is 14.3 Å². The van der Waals surface area contributed by atoms with Gasteiger partial charge in [-0.15, -0.1) is 0 Å². The average molecular weight is 227 g/mol. The summed E-state index contributed by atoms with van der Waals surface area (Å²) in [4.78, 5) is 24.1. The van der Waals surface area contributed by atoms with Gasteiger partial charge in [0.15, 0.2) is 0 Å². The third kappa shape index (κ3) is 6.22. The fraction of sp³-hybridized carbons (Fsp3) is 0.667. The van der Waals surface area contributed by atoms with Crippen molar-refractivity contribution in [2.45, 2.75) is 33.1 Å². The number of esters is 1. The van der Waals surface area contributed by atoms with E-state index in [1.165, 1.54) is 6.08 Å². The molecule has 0 aliphatic rings. The highest BCUT2D eigenvalue weighted by Crippen LogP contribution is 1.97. The number of unbranched alkanes of at least 4 members (excludes halogenated alkanes) is 1. The highest BCUT2D eigenvalue weighted by molar-refractivity contribution is 5.87. The normalized spacial score (nSPS) is 9.62. The standard InChI is InChI=1S/C12H21NO3/c1-4-7-10-16-12(15)8-9-13(6-3)11(14)5-2/h5H,2,4,6-10H2,1,3H3. The smallest absolute Gasteiger partial charge is 0.307 e. The largest absolute Gasteiger partial charge is 0.466 e. The average Bonchev–Trinajstić information content (AvgIpc) is 2.29. The molecule has 16 heavy (non-hydrogen) atoms. The molecule has 0 aromatic carbocycles. The number of carbonyl (C=O) groups is 2. The van der Waals surface area contributed by atoms with Crippen LogP contribution in [0.4, 0.5) is 0 Å². The molecule has 0 saturated heterocycles. The molecule has 0 spiro atoms. The Bertz CT molecular complexity index is 238. The molecule has 0 aromatic rings. The first-order chi connectivity index (χ1) is 7.65. The summed E-state index contributed by atoms with van der Waals surface area (Å²) in [6.07, 6.45) is 3.39. The number of hydrogen-bond acceptors (Lipinski definition) is 3. The van der Waals surface area contributed by atoms with Crippen molar-refractivity contribution in [3.05, 3.63) is 12.7 Å². The van der Waals surface area contributed by atoms with Gasteiger partial charge in [-0.2, -0.15) is 0 Å². The quantitative estimate of drug-likeness (QED) is 0.360. The lowest BCUT2D eigenvalue weighted by molar-refractivity contribution is -0.144. The number of hydrogen-bond donors (Lipinski definition) is 0. The monoisotopic (exact) mass is 227 g/mol. The summed E-state index contributed by atoms with van der Waals surface area (Å²) in [5, 5.41) is 0. The van der Waals surface area contributed by atoms with Crippen molar-refractivity contribution in [2.24, 2.45) is 0 Å². The van der Waals surface area contributed by atoms with Crippen LogP contribution in [0.25, 0.3) is 0 Å². The molecular formula is C12H21NO3. The Labute approximate surface area is 97.3 Å². The molecule has 4 nitrogen and oxygen atoms in total. The molecule has 0 saturated carbocycles. The predicted molar refractivity (Wildman–Crippen MR) is 62.9 cm³/mol. The van der Waals surface area contributed by atoms with E-state index in [1.807, 2.05) is 13.8 Å². The van der Waals surface area contributed by atoms with Gasteiger partial charge in [-0.25, -0.2) is 0 Å². The molecule has 0 fully saturated rings. The number of carbonyl (C=O) groups excluding carboxylic acids is 2. The fourth-order valence-electron chi connectivity index (χ4n) is 1.18. The van der Waals surface area contributed by atoms with Gasteiger partial charge in [-0.1, -0.05) is 19.9 Å². The number of amides is 1. The molecule has 0 N–H and O–H groups in total. The van der Waals surface area contributed by atoms with E-state index in [0.29, 0.717) is 19.7 Å². The minimum atomic E-state index is -0.247. The molecule has 0 bridgehead atoms. The Hall–Kier alpha value is -1.32. The Morgan fingerprint density at radius 1 is 1.38 bits per heavy atom. The van der Waals surface area contributed by atoms with Crippen molar-refractivity contribution in [3.63, 3.8) is 0 Å². The maximum absolute atomic E-state index is 11.3. The summed E-state index contributed by atoms with van der Waals surface area (Å²) in [6.45, 7) is 8.75. The first-order valence-corrected chi connectivity index (χ1v) is 5.72. The number of nitrogens with zero attached hydrogens (tertiary/aromatic N) is 1. The van der Waals surface area contributed by atoms with Gasteiger partial charge in [-0.05, 0) is 19.4 Å². The van der Waals surface area contributed by atoms with Gasteiger partial charge < -0.3 is 9.64 Å². The molecule has 1 amide bonds. The van der Waals surface area contributed by atoms with E-state index < -0.39 is 0 Å². The van der Waals surface area contributed by atoms with E-state index in [-0.39, 0.29) is 18.3 Å². The highest BCUT2D eigenvalue weighted by atomic mass is 16.5. The van der Waals surface area contributed by atoms with Gasteiger partial charge in [0.2, 0.25) is 5.91 Å². The van der Waals surface area contributed by atoms with Gasteiger partial charge in [0, 0.05) is 13.1 Å². The Morgan fingerprint density at radius 3 is 2.56 bits per heavy atom. The first kappa shape index (κ1) is 14.7. The summed E-state index contributed by atoms with van der Waals surface area (Å²) in [6, 6.07) is 0. The number of rotatable bonds is 8. The molecule has 0 unspecified atom stereocenters. The van der Waals surface area contributed by atoms with Crippen LogP contribution < -0.4 is 0 Å². The van der Waals surface area contributed by atoms with E-state index in [2.05, 4.69) is 6.58 Å². The number of ether oxygens (including phenoxy) is 1. The molecule has 0 heterocycles. The predicted octanol–water partition coefficient (Wildman–Crippen LogP) is 1.75. The second-order valence-corrected chi connectivity index (χ2v) is 3.45. The summed E-state index contributed by atoms with van der Waals surface area (Å²) >= 11 is 0. The number of likely N-dealkylation sites (N-methyl/N-ethyl adjacent to an activating group) is 1. The minimum Gasteiger partial charge on any atom is -0.466 e. The lowest BCUT2D eigenvalue weighted by atomic mass is 10.3. The van der Waals surface area contributed by atoms with Crippen molar-refractivity contribution in [1.29, 1.82) is 0 Å². The van der Waals surface area contributed by atoms with Crippen LogP contribution in [0.3, 0.4) is 0 Å². The maximum atomic E-state index is 11.3. The molecule has 0 aromatic heterocycles. The van der Waals surface area contributed by atoms with Crippen molar-refractivity contribution >= 4 is 11.9 Å². The lowest BCUT2D eigenvalue weighted by Crippen LogP contribution is -2.31. The van der Waals surface area contributed by atoms with Gasteiger partial charge in [0.1, 0.15) is 0 Å². The van der Waals surface area contributed by atoms with Gasteiger partial charge >= 0.3 is 5.97 Å². The Kier molecular flexibility index (Phi) is 8.21. The molecule has 4 heteroatoms.